The van der Waals surface area contributed by atoms with Crippen LogP contribution in [0.3, 0.4) is 0 Å². The van der Waals surface area contributed by atoms with Crippen molar-refractivity contribution in [1.29, 1.82) is 0 Å². The standard InChI is InChI=1S/C17H26O4/c1-8-9-7-10-11(8)14(18)20-13(10)12(9)21-15(19)17(5,6)16(2,3)4/h8-13H,7H2,1-6H3. The van der Waals surface area contributed by atoms with Crippen molar-refractivity contribution < 1.29 is 19.1 Å². The molecule has 1 heterocycles. The molecule has 2 bridgehead atoms. The highest BCUT2D eigenvalue weighted by atomic mass is 16.6. The van der Waals surface area contributed by atoms with Gasteiger partial charge in [0, 0.05) is 11.8 Å². The van der Waals surface area contributed by atoms with Crippen LogP contribution >= 0.6 is 0 Å². The molecular formula is C17H26O4. The van der Waals surface area contributed by atoms with Gasteiger partial charge < -0.3 is 9.47 Å². The van der Waals surface area contributed by atoms with E-state index in [9.17, 15) is 9.59 Å². The second-order valence-electron chi connectivity index (χ2n) is 8.59. The highest BCUT2D eigenvalue weighted by Gasteiger charge is 2.67. The molecule has 3 fully saturated rings. The lowest BCUT2D eigenvalue weighted by molar-refractivity contribution is -0.176. The zero-order valence-electron chi connectivity index (χ0n) is 13.8. The molecule has 1 saturated heterocycles. The summed E-state index contributed by atoms with van der Waals surface area (Å²) in [5.41, 5.74) is -0.748. The first kappa shape index (κ1) is 14.9. The van der Waals surface area contributed by atoms with Crippen LogP contribution in [0, 0.1) is 34.5 Å². The maximum Gasteiger partial charge on any atom is 0.312 e. The maximum atomic E-state index is 12.6. The molecule has 0 aromatic heterocycles. The summed E-state index contributed by atoms with van der Waals surface area (Å²) in [5.74, 6) is 0.555. The Morgan fingerprint density at radius 3 is 2.38 bits per heavy atom. The van der Waals surface area contributed by atoms with E-state index in [0.717, 1.165) is 6.42 Å². The van der Waals surface area contributed by atoms with Crippen LogP contribution in [-0.2, 0) is 19.1 Å². The molecule has 0 spiro atoms. The van der Waals surface area contributed by atoms with Gasteiger partial charge in [0.05, 0.1) is 11.3 Å². The highest BCUT2D eigenvalue weighted by Crippen LogP contribution is 2.58. The number of carbonyl (C=O) groups excluding carboxylic acids is 2. The zero-order valence-corrected chi connectivity index (χ0v) is 13.8. The molecule has 4 nitrogen and oxygen atoms in total. The fraction of sp³-hybridized carbons (Fsp3) is 0.882. The summed E-state index contributed by atoms with van der Waals surface area (Å²) in [6.45, 7) is 12.1. The molecule has 4 heteroatoms. The Balaban J connectivity index is 1.78. The van der Waals surface area contributed by atoms with Crippen LogP contribution in [-0.4, -0.2) is 24.1 Å². The monoisotopic (exact) mass is 294 g/mol. The maximum absolute atomic E-state index is 12.6. The summed E-state index contributed by atoms with van der Waals surface area (Å²) in [4.78, 5) is 24.6. The predicted molar refractivity (Wildman–Crippen MR) is 77.2 cm³/mol. The van der Waals surface area contributed by atoms with Crippen LogP contribution in [0.25, 0.3) is 0 Å². The Morgan fingerprint density at radius 2 is 1.81 bits per heavy atom. The lowest BCUT2D eigenvalue weighted by Crippen LogP contribution is -2.45. The van der Waals surface area contributed by atoms with Crippen molar-refractivity contribution in [3.63, 3.8) is 0 Å². The van der Waals surface area contributed by atoms with Gasteiger partial charge in [0.1, 0.15) is 12.2 Å². The van der Waals surface area contributed by atoms with Crippen LogP contribution in [0.5, 0.6) is 0 Å². The molecule has 0 aromatic carbocycles. The van der Waals surface area contributed by atoms with Gasteiger partial charge in [-0.2, -0.15) is 0 Å². The summed E-state index contributed by atoms with van der Waals surface area (Å²) in [5, 5.41) is 0. The Hall–Kier alpha value is -1.06. The third kappa shape index (κ3) is 1.87. The molecule has 6 atom stereocenters. The van der Waals surface area contributed by atoms with Gasteiger partial charge in [0.2, 0.25) is 0 Å². The lowest BCUT2D eigenvalue weighted by atomic mass is 9.69. The van der Waals surface area contributed by atoms with E-state index >= 15 is 0 Å². The number of fused-ring (bicyclic) bond motifs is 1. The van der Waals surface area contributed by atoms with Gasteiger partial charge in [0.15, 0.2) is 0 Å². The molecule has 2 saturated carbocycles. The molecule has 2 aliphatic carbocycles. The number of rotatable bonds is 2. The Bertz CT molecular complexity index is 488. The first-order valence-electron chi connectivity index (χ1n) is 7.97. The third-order valence-corrected chi connectivity index (χ3v) is 6.57. The Morgan fingerprint density at radius 1 is 1.19 bits per heavy atom. The van der Waals surface area contributed by atoms with Gasteiger partial charge >= 0.3 is 11.9 Å². The Labute approximate surface area is 126 Å². The average Bonchev–Trinajstić information content (AvgIpc) is 2.92. The second kappa shape index (κ2) is 4.23. The molecule has 0 N–H and O–H groups in total. The van der Waals surface area contributed by atoms with Gasteiger partial charge in [-0.1, -0.05) is 27.7 Å². The minimum atomic E-state index is -0.569. The fourth-order valence-electron chi connectivity index (χ4n) is 4.08. The topological polar surface area (TPSA) is 52.6 Å². The van der Waals surface area contributed by atoms with Crippen LogP contribution in [0.4, 0.5) is 0 Å². The molecule has 6 unspecified atom stereocenters. The number of hydrogen-bond acceptors (Lipinski definition) is 4. The van der Waals surface area contributed by atoms with Crippen molar-refractivity contribution in [2.45, 2.75) is 60.2 Å². The van der Waals surface area contributed by atoms with Crippen molar-refractivity contribution >= 4 is 11.9 Å². The van der Waals surface area contributed by atoms with E-state index in [0.29, 0.717) is 0 Å². The van der Waals surface area contributed by atoms with Crippen LogP contribution in [0.1, 0.15) is 48.0 Å². The van der Waals surface area contributed by atoms with Crippen molar-refractivity contribution in [3.05, 3.63) is 0 Å². The van der Waals surface area contributed by atoms with Crippen LogP contribution in [0.15, 0.2) is 0 Å². The summed E-state index contributed by atoms with van der Waals surface area (Å²) in [7, 11) is 0. The predicted octanol–water partition coefficient (Wildman–Crippen LogP) is 2.80. The minimum absolute atomic E-state index is 0.0329. The smallest absolute Gasteiger partial charge is 0.312 e. The van der Waals surface area contributed by atoms with Crippen LogP contribution in [0.2, 0.25) is 0 Å². The summed E-state index contributed by atoms with van der Waals surface area (Å²) in [6.07, 6.45) is 0.501. The van der Waals surface area contributed by atoms with E-state index in [-0.39, 0.29) is 53.2 Å². The molecule has 118 valence electrons. The van der Waals surface area contributed by atoms with Crippen molar-refractivity contribution in [2.75, 3.05) is 0 Å². The minimum Gasteiger partial charge on any atom is -0.458 e. The van der Waals surface area contributed by atoms with E-state index in [1.54, 1.807) is 0 Å². The molecular weight excluding hydrogens is 268 g/mol. The summed E-state index contributed by atoms with van der Waals surface area (Å²) < 4.78 is 11.4. The fourth-order valence-corrected chi connectivity index (χ4v) is 4.08. The number of carbonyl (C=O) groups is 2. The van der Waals surface area contributed by atoms with E-state index in [1.165, 1.54) is 0 Å². The largest absolute Gasteiger partial charge is 0.458 e. The van der Waals surface area contributed by atoms with E-state index in [1.807, 2.05) is 34.6 Å². The number of ether oxygens (including phenoxy) is 2. The molecule has 1 aliphatic heterocycles. The molecule has 21 heavy (non-hydrogen) atoms. The summed E-state index contributed by atoms with van der Waals surface area (Å²) in [6, 6.07) is 0. The Kier molecular flexibility index (Phi) is 3.00. The lowest BCUT2D eigenvalue weighted by Gasteiger charge is -2.39. The first-order valence-corrected chi connectivity index (χ1v) is 7.97. The van der Waals surface area contributed by atoms with Gasteiger partial charge in [-0.3, -0.25) is 9.59 Å². The van der Waals surface area contributed by atoms with Gasteiger partial charge in [-0.15, -0.1) is 0 Å². The van der Waals surface area contributed by atoms with E-state index in [4.69, 9.17) is 9.47 Å². The van der Waals surface area contributed by atoms with Crippen molar-refractivity contribution in [1.82, 2.24) is 0 Å². The van der Waals surface area contributed by atoms with Gasteiger partial charge in [-0.05, 0) is 31.6 Å². The number of hydrogen-bond donors (Lipinski definition) is 0. The van der Waals surface area contributed by atoms with Gasteiger partial charge in [-0.25, -0.2) is 0 Å². The molecule has 0 amide bonds. The summed E-state index contributed by atoms with van der Waals surface area (Å²) >= 11 is 0. The average molecular weight is 294 g/mol. The zero-order chi connectivity index (χ0) is 15.7. The first-order chi connectivity index (χ1) is 9.55. The molecule has 3 aliphatic rings. The normalized spacial score (nSPS) is 41.3. The molecule has 0 aromatic rings. The SMILES string of the molecule is CC1C2CC3C(OC(=O)C13)C2OC(=O)C(C)(C)C(C)(C)C. The second-order valence-corrected chi connectivity index (χ2v) is 8.59. The quantitative estimate of drug-likeness (QED) is 0.735. The molecule has 3 rings (SSSR count). The van der Waals surface area contributed by atoms with E-state index < -0.39 is 5.41 Å². The van der Waals surface area contributed by atoms with Crippen LogP contribution < -0.4 is 0 Å². The van der Waals surface area contributed by atoms with E-state index in [2.05, 4.69) is 6.92 Å². The third-order valence-electron chi connectivity index (χ3n) is 6.57. The van der Waals surface area contributed by atoms with Crippen molar-refractivity contribution in [2.24, 2.45) is 34.5 Å². The van der Waals surface area contributed by atoms with Crippen molar-refractivity contribution in [3.8, 4) is 0 Å². The van der Waals surface area contributed by atoms with Gasteiger partial charge in [0.25, 0.3) is 0 Å². The number of esters is 2. The highest BCUT2D eigenvalue weighted by molar-refractivity contribution is 5.79. The molecule has 0 radical (unpaired) electrons.